The van der Waals surface area contributed by atoms with Crippen molar-refractivity contribution in [3.05, 3.63) is 93.5 Å². The molecule has 0 aromatic heterocycles. The van der Waals surface area contributed by atoms with Crippen LogP contribution in [0.15, 0.2) is 54.6 Å². The van der Waals surface area contributed by atoms with E-state index in [-0.39, 0.29) is 58.9 Å². The predicted molar refractivity (Wildman–Crippen MR) is 182 cm³/mol. The molecule has 0 saturated carbocycles. The van der Waals surface area contributed by atoms with Gasteiger partial charge in [0.05, 0.1) is 0 Å². The SMILES string of the molecule is Cc1ccc(N(C)C)cc1[Si](c1cc(N(C)C)ccc1C)(c1cc(N(C)C)ccc1C)[c-]1c(C)c(C)c(C)c1C.[Cl-].[Cl-].[Cl-].[Ti+4]. The molecule has 0 N–H and O–H groups in total. The van der Waals surface area contributed by atoms with Gasteiger partial charge in [-0.25, -0.2) is 0 Å². The van der Waals surface area contributed by atoms with Crippen LogP contribution < -0.4 is 72.7 Å². The summed E-state index contributed by atoms with van der Waals surface area (Å²) < 4.78 is 0. The molecular formula is C36H48Cl3N3SiTi. The maximum absolute atomic E-state index is 2.85. The van der Waals surface area contributed by atoms with Gasteiger partial charge in [-0.1, -0.05) is 78.1 Å². The molecule has 4 aromatic rings. The monoisotopic (exact) mass is 703 g/mol. The Morgan fingerprint density at radius 3 is 0.932 bits per heavy atom. The van der Waals surface area contributed by atoms with Crippen molar-refractivity contribution in [2.75, 3.05) is 57.0 Å². The van der Waals surface area contributed by atoms with Crippen LogP contribution >= 0.6 is 0 Å². The molecule has 3 nitrogen and oxygen atoms in total. The van der Waals surface area contributed by atoms with Gasteiger partial charge in [0.1, 0.15) is 8.07 Å². The smallest absolute Gasteiger partial charge is 1.00 e. The number of halogens is 3. The van der Waals surface area contributed by atoms with E-state index in [0.717, 1.165) is 0 Å². The maximum Gasteiger partial charge on any atom is 4.00 e. The molecule has 0 aliphatic carbocycles. The largest absolute Gasteiger partial charge is 4.00 e. The number of aryl methyl sites for hydroxylation is 3. The van der Waals surface area contributed by atoms with Crippen molar-refractivity contribution in [3.63, 3.8) is 0 Å². The van der Waals surface area contributed by atoms with Crippen LogP contribution in [0.3, 0.4) is 0 Å². The van der Waals surface area contributed by atoms with Crippen LogP contribution in [0.2, 0.25) is 0 Å². The van der Waals surface area contributed by atoms with Gasteiger partial charge in [0, 0.05) is 59.3 Å². The van der Waals surface area contributed by atoms with E-state index in [0.29, 0.717) is 0 Å². The molecule has 0 spiro atoms. The quantitative estimate of drug-likeness (QED) is 0.111. The van der Waals surface area contributed by atoms with E-state index in [9.17, 15) is 0 Å². The summed E-state index contributed by atoms with van der Waals surface area (Å²) in [6.45, 7) is 16.3. The number of benzene rings is 3. The standard InChI is InChI=1S/C36H48N3Si.3ClH.Ti/c1-23-14-17-30(37(8)9)20-33(23)40(36-28(6)26(4)27(5)29(36)7,34-21-31(38(10)11)18-15-24(34)2)35-22-32(39(12)13)19-16-25(35)3;;;;/h14-22H,1-13H3;3*1H;/q-1;;;;+4/p-3. The van der Waals surface area contributed by atoms with Crippen molar-refractivity contribution < 1.29 is 58.9 Å². The molecule has 0 atom stereocenters. The summed E-state index contributed by atoms with van der Waals surface area (Å²) in [6.07, 6.45) is 0. The Kier molecular flexibility index (Phi) is 15.5. The minimum Gasteiger partial charge on any atom is -1.00 e. The zero-order chi connectivity index (χ0) is 29.7. The zero-order valence-electron chi connectivity index (χ0n) is 28.7. The number of rotatable bonds is 7. The minimum absolute atomic E-state index is 0. The van der Waals surface area contributed by atoms with Crippen molar-refractivity contribution in [3.8, 4) is 0 Å². The first-order chi connectivity index (χ1) is 18.7. The van der Waals surface area contributed by atoms with Gasteiger partial charge in [-0.05, 0) is 57.2 Å². The molecule has 44 heavy (non-hydrogen) atoms. The summed E-state index contributed by atoms with van der Waals surface area (Å²) in [5.41, 5.74) is 13.6. The van der Waals surface area contributed by atoms with E-state index in [1.807, 2.05) is 0 Å². The average molecular weight is 705 g/mol. The van der Waals surface area contributed by atoms with Crippen molar-refractivity contribution in [2.24, 2.45) is 0 Å². The summed E-state index contributed by atoms with van der Waals surface area (Å²) in [6, 6.07) is 21.3. The summed E-state index contributed by atoms with van der Waals surface area (Å²) in [5.74, 6) is 0. The van der Waals surface area contributed by atoms with Gasteiger partial charge < -0.3 is 51.9 Å². The van der Waals surface area contributed by atoms with E-state index in [1.54, 1.807) is 5.19 Å². The molecular weight excluding hydrogens is 657 g/mol. The van der Waals surface area contributed by atoms with Crippen molar-refractivity contribution in [2.45, 2.75) is 48.5 Å². The third-order valence-electron chi connectivity index (χ3n) is 9.24. The number of anilines is 3. The Morgan fingerprint density at radius 2 is 0.705 bits per heavy atom. The minimum atomic E-state index is -2.85. The van der Waals surface area contributed by atoms with E-state index in [2.05, 4.69) is 160 Å². The van der Waals surface area contributed by atoms with E-state index < -0.39 is 8.07 Å². The van der Waals surface area contributed by atoms with Crippen molar-refractivity contribution in [1.29, 1.82) is 0 Å². The molecule has 0 aliphatic heterocycles. The van der Waals surface area contributed by atoms with Crippen molar-refractivity contribution in [1.82, 2.24) is 0 Å². The molecule has 0 bridgehead atoms. The second kappa shape index (κ2) is 16.2. The van der Waals surface area contributed by atoms with Crippen molar-refractivity contribution >= 4 is 45.9 Å². The van der Waals surface area contributed by atoms with Crippen LogP contribution in [-0.2, 0) is 21.7 Å². The van der Waals surface area contributed by atoms with Crippen LogP contribution in [0, 0.1) is 48.5 Å². The third-order valence-corrected chi connectivity index (χ3v) is 14.8. The molecule has 0 fully saturated rings. The van der Waals surface area contributed by atoms with Gasteiger partial charge in [-0.15, -0.1) is 5.19 Å². The summed E-state index contributed by atoms with van der Waals surface area (Å²) in [7, 11) is 10.1. The molecule has 0 aliphatic rings. The number of nitrogens with zero attached hydrogens (tertiary/aromatic N) is 3. The fraction of sp³-hybridized carbons (Fsp3) is 0.361. The molecule has 0 amide bonds. The Hall–Kier alpha value is -1.79. The van der Waals surface area contributed by atoms with Gasteiger partial charge in [0.25, 0.3) is 0 Å². The molecule has 0 radical (unpaired) electrons. The summed E-state index contributed by atoms with van der Waals surface area (Å²) in [5, 5.41) is 5.99. The second-order valence-corrected chi connectivity index (χ2v) is 15.9. The summed E-state index contributed by atoms with van der Waals surface area (Å²) >= 11 is 0. The summed E-state index contributed by atoms with van der Waals surface area (Å²) in [4.78, 5) is 6.74. The van der Waals surface area contributed by atoms with Gasteiger partial charge >= 0.3 is 21.7 Å². The molecule has 8 heteroatoms. The molecule has 236 valence electrons. The maximum atomic E-state index is 2.50. The first-order valence-electron chi connectivity index (χ1n) is 14.3. The Bertz CT molecular complexity index is 1410. The zero-order valence-corrected chi connectivity index (χ0v) is 33.5. The fourth-order valence-electron chi connectivity index (χ4n) is 6.50. The topological polar surface area (TPSA) is 9.72 Å². The van der Waals surface area contributed by atoms with Crippen LogP contribution in [0.1, 0.15) is 38.9 Å². The van der Waals surface area contributed by atoms with E-state index in [4.69, 9.17) is 0 Å². The number of hydrogen-bond acceptors (Lipinski definition) is 3. The molecule has 4 aromatic carbocycles. The second-order valence-electron chi connectivity index (χ2n) is 12.3. The van der Waals surface area contributed by atoms with Gasteiger partial charge in [-0.3, -0.25) is 0 Å². The van der Waals surface area contributed by atoms with Gasteiger partial charge in [0.15, 0.2) is 0 Å². The normalized spacial score (nSPS) is 10.6. The van der Waals surface area contributed by atoms with E-state index >= 15 is 0 Å². The molecule has 0 heterocycles. The van der Waals surface area contributed by atoms with Gasteiger partial charge in [0.2, 0.25) is 0 Å². The van der Waals surface area contributed by atoms with Gasteiger partial charge in [-0.2, -0.15) is 22.3 Å². The third kappa shape index (κ3) is 7.12. The van der Waals surface area contributed by atoms with Crippen LogP contribution in [0.4, 0.5) is 17.1 Å². The van der Waals surface area contributed by atoms with E-state index in [1.165, 1.54) is 71.6 Å². The Balaban J connectivity index is 0.00000462. The molecule has 0 unspecified atom stereocenters. The Morgan fingerprint density at radius 1 is 0.455 bits per heavy atom. The Labute approximate surface area is 301 Å². The molecule has 0 saturated heterocycles. The fourth-order valence-corrected chi connectivity index (χ4v) is 12.8. The van der Waals surface area contributed by atoms with Crippen LogP contribution in [0.25, 0.3) is 0 Å². The average Bonchev–Trinajstić information content (AvgIpc) is 3.09. The predicted octanol–water partition coefficient (Wildman–Crippen LogP) is -3.85. The molecule has 4 rings (SSSR count). The number of hydrogen-bond donors (Lipinski definition) is 0. The first kappa shape index (κ1) is 42.2. The first-order valence-corrected chi connectivity index (χ1v) is 16.3. The van der Waals surface area contributed by atoms with Crippen LogP contribution in [-0.4, -0.2) is 50.4 Å². The van der Waals surface area contributed by atoms with Crippen LogP contribution in [0.5, 0.6) is 0 Å².